The van der Waals surface area contributed by atoms with E-state index in [1.165, 1.54) is 0 Å². The van der Waals surface area contributed by atoms with Gasteiger partial charge in [-0.3, -0.25) is 0 Å². The third kappa shape index (κ3) is 3.28. The molecule has 0 spiro atoms. The second-order valence-electron chi connectivity index (χ2n) is 3.62. The van der Waals surface area contributed by atoms with E-state index >= 15 is 0 Å². The Balaban J connectivity index is 2.33. The largest absolute Gasteiger partial charge is 0.221 e. The molecule has 0 aliphatic carbocycles. The Morgan fingerprint density at radius 1 is 0.889 bits per heavy atom. The zero-order valence-corrected chi connectivity index (χ0v) is 9.74. The maximum Gasteiger partial charge on any atom is 0.111 e. The van der Waals surface area contributed by atoms with Crippen molar-refractivity contribution in [2.75, 3.05) is 6.61 Å². The normalized spacial score (nSPS) is 10.1. The van der Waals surface area contributed by atoms with E-state index in [0.717, 1.165) is 16.7 Å². The molecule has 0 saturated carbocycles. The summed E-state index contributed by atoms with van der Waals surface area (Å²) in [5.41, 5.74) is 2.98. The number of rotatable bonds is 5. The molecule has 2 rings (SSSR count). The van der Waals surface area contributed by atoms with E-state index in [4.69, 9.17) is 5.26 Å². The molecule has 91 valence electrons. The minimum absolute atomic E-state index is 0.0512. The van der Waals surface area contributed by atoms with E-state index in [9.17, 15) is 0 Å². The second kappa shape index (κ2) is 6.71. The van der Waals surface area contributed by atoms with Gasteiger partial charge in [-0.2, -0.15) is 0 Å². The third-order valence-corrected chi connectivity index (χ3v) is 2.49. The van der Waals surface area contributed by atoms with Gasteiger partial charge in [-0.1, -0.05) is 65.7 Å². The van der Waals surface area contributed by atoms with Crippen LogP contribution in [0.1, 0.15) is 11.1 Å². The highest BCUT2D eigenvalue weighted by Gasteiger charge is 2.04. The summed E-state index contributed by atoms with van der Waals surface area (Å²) in [5.74, 6) is 0. The first kappa shape index (κ1) is 12.5. The van der Waals surface area contributed by atoms with Crippen molar-refractivity contribution in [3.05, 3.63) is 77.9 Å². The Morgan fingerprint density at radius 2 is 1.39 bits per heavy atom. The van der Waals surface area contributed by atoms with Crippen LogP contribution in [0.3, 0.4) is 0 Å². The lowest BCUT2D eigenvalue weighted by Gasteiger charge is -2.07. The predicted octanol–water partition coefficient (Wildman–Crippen LogP) is 3.34. The Hall–Kier alpha value is -1.94. The molecule has 3 nitrogen and oxygen atoms in total. The molecule has 0 saturated heterocycles. The van der Waals surface area contributed by atoms with Crippen molar-refractivity contribution in [1.29, 1.82) is 0 Å². The highest BCUT2D eigenvalue weighted by atomic mass is 17.5. The number of hydrogen-bond donors (Lipinski definition) is 1. The lowest BCUT2D eigenvalue weighted by molar-refractivity contribution is -0.487. The molecule has 0 aromatic heterocycles. The Bertz CT molecular complexity index is 450. The monoisotopic (exact) mass is 241 g/mol. The van der Waals surface area contributed by atoms with Crippen LogP contribution in [0.25, 0.3) is 5.57 Å². The third-order valence-electron chi connectivity index (χ3n) is 2.49. The highest BCUT2D eigenvalue weighted by molar-refractivity contribution is 5.78. The van der Waals surface area contributed by atoms with Gasteiger partial charge in [-0.25, -0.2) is 10.1 Å². The van der Waals surface area contributed by atoms with Gasteiger partial charge < -0.3 is 0 Å². The first-order chi connectivity index (χ1) is 8.92. The molecular formula is C15H13O3. The molecule has 0 heterocycles. The van der Waals surface area contributed by atoms with Crippen molar-refractivity contribution >= 4 is 5.57 Å². The fourth-order valence-corrected chi connectivity index (χ4v) is 1.71. The summed E-state index contributed by atoms with van der Waals surface area (Å²) in [7, 11) is 0. The van der Waals surface area contributed by atoms with Crippen molar-refractivity contribution in [1.82, 2.24) is 0 Å². The van der Waals surface area contributed by atoms with Gasteiger partial charge in [-0.05, 0) is 22.8 Å². The minimum Gasteiger partial charge on any atom is -0.221 e. The summed E-state index contributed by atoms with van der Waals surface area (Å²) < 4.78 is 0. The SMILES string of the molecule is OOOC[C]=C(c1ccccc1)c1ccccc1. The summed E-state index contributed by atoms with van der Waals surface area (Å²) in [4.78, 5) is 4.43. The van der Waals surface area contributed by atoms with E-state index < -0.39 is 0 Å². The number of benzene rings is 2. The topological polar surface area (TPSA) is 38.7 Å². The summed E-state index contributed by atoms with van der Waals surface area (Å²) in [6.07, 6.45) is 3.06. The number of hydrogen-bond acceptors (Lipinski definition) is 3. The first-order valence-electron chi connectivity index (χ1n) is 5.56. The lowest BCUT2D eigenvalue weighted by atomic mass is 9.98. The van der Waals surface area contributed by atoms with Crippen molar-refractivity contribution in [3.8, 4) is 0 Å². The van der Waals surface area contributed by atoms with Crippen LogP contribution in [0.2, 0.25) is 0 Å². The predicted molar refractivity (Wildman–Crippen MR) is 68.3 cm³/mol. The van der Waals surface area contributed by atoms with E-state index in [1.54, 1.807) is 0 Å². The minimum atomic E-state index is 0.0512. The summed E-state index contributed by atoms with van der Waals surface area (Å²) >= 11 is 0. The highest BCUT2D eigenvalue weighted by Crippen LogP contribution is 2.22. The van der Waals surface area contributed by atoms with Crippen molar-refractivity contribution in [3.63, 3.8) is 0 Å². The quantitative estimate of drug-likeness (QED) is 0.495. The van der Waals surface area contributed by atoms with Crippen LogP contribution in [-0.4, -0.2) is 11.9 Å². The van der Waals surface area contributed by atoms with Crippen LogP contribution in [0, 0.1) is 6.08 Å². The smallest absolute Gasteiger partial charge is 0.111 e. The summed E-state index contributed by atoms with van der Waals surface area (Å²) in [6.45, 7) is 0.0512. The molecule has 2 aromatic carbocycles. The van der Waals surface area contributed by atoms with Gasteiger partial charge >= 0.3 is 0 Å². The molecular weight excluding hydrogens is 228 g/mol. The van der Waals surface area contributed by atoms with Gasteiger partial charge in [0.1, 0.15) is 6.61 Å². The van der Waals surface area contributed by atoms with Crippen LogP contribution < -0.4 is 0 Å². The first-order valence-corrected chi connectivity index (χ1v) is 5.56. The van der Waals surface area contributed by atoms with Gasteiger partial charge in [0.2, 0.25) is 0 Å². The Kier molecular flexibility index (Phi) is 4.67. The molecule has 18 heavy (non-hydrogen) atoms. The van der Waals surface area contributed by atoms with Crippen LogP contribution in [0.5, 0.6) is 0 Å². The maximum absolute atomic E-state index is 8.15. The standard InChI is InChI=1S/C15H13O3/c16-18-17-12-11-15(13-7-3-1-4-8-13)14-9-5-2-6-10-14/h1-10,16H,12H2. The van der Waals surface area contributed by atoms with E-state index in [0.29, 0.717) is 0 Å². The zero-order valence-electron chi connectivity index (χ0n) is 9.74. The van der Waals surface area contributed by atoms with Crippen molar-refractivity contribution < 1.29 is 15.2 Å². The van der Waals surface area contributed by atoms with Crippen LogP contribution in [0.4, 0.5) is 0 Å². The Labute approximate surface area is 106 Å². The molecule has 1 radical (unpaired) electrons. The Morgan fingerprint density at radius 3 is 1.83 bits per heavy atom. The molecule has 1 N–H and O–H groups in total. The molecule has 0 aliphatic rings. The molecule has 0 aliphatic heterocycles. The molecule has 3 heteroatoms. The molecule has 0 fully saturated rings. The molecule has 2 aromatic rings. The van der Waals surface area contributed by atoms with Gasteiger partial charge in [0.25, 0.3) is 0 Å². The van der Waals surface area contributed by atoms with Gasteiger partial charge in [0.15, 0.2) is 0 Å². The van der Waals surface area contributed by atoms with Crippen molar-refractivity contribution in [2.45, 2.75) is 0 Å². The van der Waals surface area contributed by atoms with Gasteiger partial charge in [0, 0.05) is 0 Å². The van der Waals surface area contributed by atoms with Crippen LogP contribution >= 0.6 is 0 Å². The van der Waals surface area contributed by atoms with Crippen LogP contribution in [0.15, 0.2) is 60.7 Å². The molecule has 0 amide bonds. The van der Waals surface area contributed by atoms with Gasteiger partial charge in [-0.15, -0.1) is 0 Å². The van der Waals surface area contributed by atoms with E-state index in [2.05, 4.69) is 16.0 Å². The summed E-state index contributed by atoms with van der Waals surface area (Å²) in [5, 5.41) is 11.7. The summed E-state index contributed by atoms with van der Waals surface area (Å²) in [6, 6.07) is 19.7. The fraction of sp³-hybridized carbons (Fsp3) is 0.0667. The average molecular weight is 241 g/mol. The maximum atomic E-state index is 8.15. The van der Waals surface area contributed by atoms with Crippen LogP contribution in [-0.2, 0) is 9.93 Å². The molecule has 0 unspecified atom stereocenters. The average Bonchev–Trinajstić information content (AvgIpc) is 2.46. The molecule has 0 atom stereocenters. The van der Waals surface area contributed by atoms with Gasteiger partial charge in [0.05, 0.1) is 0 Å². The second-order valence-corrected chi connectivity index (χ2v) is 3.62. The lowest BCUT2D eigenvalue weighted by Crippen LogP contribution is -1.94. The fourth-order valence-electron chi connectivity index (χ4n) is 1.71. The van der Waals surface area contributed by atoms with E-state index in [1.807, 2.05) is 60.7 Å². The van der Waals surface area contributed by atoms with Crippen molar-refractivity contribution in [2.24, 2.45) is 0 Å². The molecule has 0 bridgehead atoms. The zero-order chi connectivity index (χ0) is 12.6. The van der Waals surface area contributed by atoms with E-state index in [-0.39, 0.29) is 6.61 Å².